The molecule has 4 rings (SSSR count). The average molecular weight is 358 g/mol. The maximum absolute atomic E-state index is 6.27. The molecular weight excluding hydrogens is 348 g/mol. The Morgan fingerprint density at radius 1 is 0.857 bits per heavy atom. The Labute approximate surface area is 135 Å². The summed E-state index contributed by atoms with van der Waals surface area (Å²) in [5, 5.41) is 2.89. The lowest BCUT2D eigenvalue weighted by Crippen LogP contribution is -1.80. The van der Waals surface area contributed by atoms with Crippen molar-refractivity contribution in [3.63, 3.8) is 0 Å². The molecule has 0 aliphatic carbocycles. The maximum Gasteiger partial charge on any atom is 0.137 e. The lowest BCUT2D eigenvalue weighted by Gasteiger charge is -2.05. The van der Waals surface area contributed by atoms with Crippen LogP contribution in [0.2, 0.25) is 5.02 Å². The third-order valence-electron chi connectivity index (χ3n) is 3.58. The van der Waals surface area contributed by atoms with Crippen LogP contribution in [0.4, 0.5) is 0 Å². The van der Waals surface area contributed by atoms with Crippen molar-refractivity contribution in [1.82, 2.24) is 0 Å². The van der Waals surface area contributed by atoms with Gasteiger partial charge in [0, 0.05) is 26.3 Å². The lowest BCUT2D eigenvalue weighted by atomic mass is 9.99. The zero-order valence-corrected chi connectivity index (χ0v) is 13.3. The Morgan fingerprint density at radius 2 is 1.71 bits per heavy atom. The summed E-state index contributed by atoms with van der Waals surface area (Å²) in [6, 6.07) is 20.1. The Balaban J connectivity index is 2.16. The predicted molar refractivity (Wildman–Crippen MR) is 91.9 cm³/mol. The molecule has 21 heavy (non-hydrogen) atoms. The zero-order chi connectivity index (χ0) is 14.4. The van der Waals surface area contributed by atoms with Gasteiger partial charge in [-0.1, -0.05) is 57.9 Å². The molecule has 0 N–H and O–H groups in total. The molecule has 0 amide bonds. The highest BCUT2D eigenvalue weighted by Gasteiger charge is 2.13. The van der Waals surface area contributed by atoms with Gasteiger partial charge in [-0.3, -0.25) is 0 Å². The van der Waals surface area contributed by atoms with Gasteiger partial charge in [0.15, 0.2) is 0 Å². The number of fused-ring (bicyclic) bond motifs is 3. The van der Waals surface area contributed by atoms with Gasteiger partial charge in [-0.25, -0.2) is 0 Å². The topological polar surface area (TPSA) is 13.1 Å². The van der Waals surface area contributed by atoms with Gasteiger partial charge in [-0.05, 0) is 35.4 Å². The molecule has 0 saturated heterocycles. The molecule has 0 radical (unpaired) electrons. The molecule has 1 nitrogen and oxygen atoms in total. The van der Waals surface area contributed by atoms with Gasteiger partial charge in [-0.2, -0.15) is 0 Å². The van der Waals surface area contributed by atoms with Gasteiger partial charge in [-0.15, -0.1) is 0 Å². The SMILES string of the molecule is Clc1cc(-c2cccc(Br)c2)c2c(c1)oc1ccccc12. The molecule has 1 heterocycles. The van der Waals surface area contributed by atoms with Crippen molar-refractivity contribution in [2.75, 3.05) is 0 Å². The molecule has 3 aromatic carbocycles. The van der Waals surface area contributed by atoms with Crippen LogP contribution in [0.3, 0.4) is 0 Å². The van der Waals surface area contributed by atoms with E-state index in [1.54, 1.807) is 0 Å². The fourth-order valence-corrected chi connectivity index (χ4v) is 3.31. The Bertz CT molecular complexity index is 971. The van der Waals surface area contributed by atoms with E-state index in [0.29, 0.717) is 5.02 Å². The molecule has 0 spiro atoms. The minimum Gasteiger partial charge on any atom is -0.456 e. The van der Waals surface area contributed by atoms with E-state index in [0.717, 1.165) is 37.5 Å². The second kappa shape index (κ2) is 4.90. The van der Waals surface area contributed by atoms with Crippen LogP contribution in [-0.4, -0.2) is 0 Å². The van der Waals surface area contributed by atoms with E-state index in [4.69, 9.17) is 16.0 Å². The smallest absolute Gasteiger partial charge is 0.137 e. The lowest BCUT2D eigenvalue weighted by molar-refractivity contribution is 0.669. The molecule has 102 valence electrons. The molecular formula is C18H10BrClO. The van der Waals surface area contributed by atoms with Crippen LogP contribution in [-0.2, 0) is 0 Å². The zero-order valence-electron chi connectivity index (χ0n) is 10.9. The van der Waals surface area contributed by atoms with Crippen LogP contribution < -0.4 is 0 Å². The summed E-state index contributed by atoms with van der Waals surface area (Å²) in [7, 11) is 0. The van der Waals surface area contributed by atoms with Crippen LogP contribution in [0.5, 0.6) is 0 Å². The number of hydrogen-bond donors (Lipinski definition) is 0. The first-order valence-electron chi connectivity index (χ1n) is 6.59. The summed E-state index contributed by atoms with van der Waals surface area (Å²) in [6.07, 6.45) is 0. The quantitative estimate of drug-likeness (QED) is 0.371. The fraction of sp³-hybridized carbons (Fsp3) is 0. The van der Waals surface area contributed by atoms with Crippen molar-refractivity contribution in [2.24, 2.45) is 0 Å². The van der Waals surface area contributed by atoms with Gasteiger partial charge in [0.25, 0.3) is 0 Å². The summed E-state index contributed by atoms with van der Waals surface area (Å²) in [6.45, 7) is 0. The second-order valence-electron chi connectivity index (χ2n) is 4.94. The number of hydrogen-bond acceptors (Lipinski definition) is 1. The first kappa shape index (κ1) is 12.9. The summed E-state index contributed by atoms with van der Waals surface area (Å²) < 4.78 is 6.97. The molecule has 0 saturated carbocycles. The maximum atomic E-state index is 6.27. The Kier molecular flexibility index (Phi) is 3.02. The van der Waals surface area contributed by atoms with Crippen LogP contribution in [0.15, 0.2) is 69.6 Å². The number of halogens is 2. The highest BCUT2D eigenvalue weighted by Crippen LogP contribution is 2.39. The van der Waals surface area contributed by atoms with Crippen molar-refractivity contribution in [2.45, 2.75) is 0 Å². The van der Waals surface area contributed by atoms with E-state index in [2.05, 4.69) is 34.1 Å². The van der Waals surface area contributed by atoms with E-state index in [1.807, 2.05) is 42.5 Å². The second-order valence-corrected chi connectivity index (χ2v) is 6.29. The molecule has 1 aromatic heterocycles. The third kappa shape index (κ3) is 2.15. The molecule has 0 fully saturated rings. The van der Waals surface area contributed by atoms with E-state index >= 15 is 0 Å². The van der Waals surface area contributed by atoms with Crippen molar-refractivity contribution < 1.29 is 4.42 Å². The molecule has 0 atom stereocenters. The summed E-state index contributed by atoms with van der Waals surface area (Å²) >= 11 is 9.80. The average Bonchev–Trinajstić information content (AvgIpc) is 2.84. The molecule has 3 heteroatoms. The van der Waals surface area contributed by atoms with Gasteiger partial charge in [0.05, 0.1) is 0 Å². The normalized spacial score (nSPS) is 11.3. The molecule has 0 aliphatic rings. The first-order chi connectivity index (χ1) is 10.2. The Hall–Kier alpha value is -1.77. The van der Waals surface area contributed by atoms with Gasteiger partial charge >= 0.3 is 0 Å². The predicted octanol–water partition coefficient (Wildman–Crippen LogP) is 6.67. The monoisotopic (exact) mass is 356 g/mol. The van der Waals surface area contributed by atoms with Crippen LogP contribution in [0.25, 0.3) is 33.1 Å². The van der Waals surface area contributed by atoms with Crippen LogP contribution >= 0.6 is 27.5 Å². The minimum absolute atomic E-state index is 0.677. The fourth-order valence-electron chi connectivity index (χ4n) is 2.70. The summed E-state index contributed by atoms with van der Waals surface area (Å²) in [5.41, 5.74) is 3.90. The number of benzene rings is 3. The Morgan fingerprint density at radius 3 is 2.57 bits per heavy atom. The summed E-state index contributed by atoms with van der Waals surface area (Å²) in [4.78, 5) is 0. The highest BCUT2D eigenvalue weighted by molar-refractivity contribution is 9.10. The number of furan rings is 1. The van der Waals surface area contributed by atoms with E-state index < -0.39 is 0 Å². The minimum atomic E-state index is 0.677. The summed E-state index contributed by atoms with van der Waals surface area (Å²) in [5.74, 6) is 0. The number of para-hydroxylation sites is 1. The van der Waals surface area contributed by atoms with E-state index in [9.17, 15) is 0 Å². The molecule has 0 unspecified atom stereocenters. The standard InChI is InChI=1S/C18H10BrClO/c19-12-5-3-4-11(8-12)15-9-13(20)10-17-18(15)14-6-1-2-7-16(14)21-17/h1-10H. The van der Waals surface area contributed by atoms with E-state index in [1.165, 1.54) is 0 Å². The first-order valence-corrected chi connectivity index (χ1v) is 7.76. The van der Waals surface area contributed by atoms with Gasteiger partial charge < -0.3 is 4.42 Å². The van der Waals surface area contributed by atoms with Crippen molar-refractivity contribution >= 4 is 49.5 Å². The van der Waals surface area contributed by atoms with Gasteiger partial charge in [0.2, 0.25) is 0 Å². The van der Waals surface area contributed by atoms with Crippen molar-refractivity contribution in [3.05, 3.63) is 70.2 Å². The van der Waals surface area contributed by atoms with Crippen molar-refractivity contribution in [1.29, 1.82) is 0 Å². The van der Waals surface area contributed by atoms with Crippen molar-refractivity contribution in [3.8, 4) is 11.1 Å². The third-order valence-corrected chi connectivity index (χ3v) is 4.29. The number of rotatable bonds is 1. The highest BCUT2D eigenvalue weighted by atomic mass is 79.9. The molecule has 4 aromatic rings. The van der Waals surface area contributed by atoms with Crippen LogP contribution in [0.1, 0.15) is 0 Å². The van der Waals surface area contributed by atoms with Crippen LogP contribution in [0, 0.1) is 0 Å². The van der Waals surface area contributed by atoms with E-state index in [-0.39, 0.29) is 0 Å². The largest absolute Gasteiger partial charge is 0.456 e. The van der Waals surface area contributed by atoms with Gasteiger partial charge in [0.1, 0.15) is 11.2 Å². The molecule has 0 bridgehead atoms. The molecule has 0 aliphatic heterocycles.